The molecular weight excluding hydrogens is 468 g/mol. The third kappa shape index (κ3) is 5.33. The predicted molar refractivity (Wildman–Crippen MR) is 136 cm³/mol. The van der Waals surface area contributed by atoms with Gasteiger partial charge in [0.2, 0.25) is 5.95 Å². The summed E-state index contributed by atoms with van der Waals surface area (Å²) in [6.07, 6.45) is 6.56. The van der Waals surface area contributed by atoms with Crippen LogP contribution in [-0.2, 0) is 11.3 Å². The number of pyridine rings is 1. The molecule has 2 amide bonds. The van der Waals surface area contributed by atoms with Gasteiger partial charge in [-0.1, -0.05) is 25.4 Å². The van der Waals surface area contributed by atoms with Crippen molar-refractivity contribution in [1.29, 1.82) is 0 Å². The highest BCUT2D eigenvalue weighted by molar-refractivity contribution is 6.41. The van der Waals surface area contributed by atoms with Crippen LogP contribution in [0.3, 0.4) is 0 Å². The quantitative estimate of drug-likeness (QED) is 0.307. The fourth-order valence-corrected chi connectivity index (χ4v) is 4.19. The lowest BCUT2D eigenvalue weighted by molar-refractivity contribution is -0.113. The second kappa shape index (κ2) is 10.7. The number of carbonyl (C=O) groups is 2. The van der Waals surface area contributed by atoms with Gasteiger partial charge in [0.1, 0.15) is 5.15 Å². The highest BCUT2D eigenvalue weighted by atomic mass is 35.5. The number of carbonyl (C=O) groups excluding carboxylic acids is 2. The number of likely N-dealkylation sites (N-methyl/N-ethyl adjacent to an activating group) is 1. The molecule has 0 spiro atoms. The van der Waals surface area contributed by atoms with E-state index < -0.39 is 0 Å². The summed E-state index contributed by atoms with van der Waals surface area (Å²) in [5.74, 6) is -0.161. The van der Waals surface area contributed by atoms with Crippen molar-refractivity contribution in [3.05, 3.63) is 64.3 Å². The third-order valence-corrected chi connectivity index (χ3v) is 6.10. The van der Waals surface area contributed by atoms with Crippen molar-refractivity contribution >= 4 is 46.8 Å². The van der Waals surface area contributed by atoms with Crippen molar-refractivity contribution in [2.24, 2.45) is 0 Å². The number of nitrogens with two attached hydrogens (primary N) is 1. The van der Waals surface area contributed by atoms with Gasteiger partial charge in [-0.05, 0) is 42.9 Å². The van der Waals surface area contributed by atoms with Gasteiger partial charge in [0.15, 0.2) is 5.82 Å². The van der Waals surface area contributed by atoms with Crippen molar-refractivity contribution in [2.75, 3.05) is 36.8 Å². The minimum Gasteiger partial charge on any atom is -0.368 e. The Morgan fingerprint density at radius 3 is 2.71 bits per heavy atom. The Morgan fingerprint density at radius 1 is 1.26 bits per heavy atom. The van der Waals surface area contributed by atoms with Crippen LogP contribution in [0.5, 0.6) is 0 Å². The molecule has 1 aliphatic heterocycles. The van der Waals surface area contributed by atoms with Crippen molar-refractivity contribution in [3.63, 3.8) is 0 Å². The zero-order chi connectivity index (χ0) is 24.9. The topological polar surface area (TPSA) is 133 Å². The lowest BCUT2D eigenvalue weighted by Crippen LogP contribution is -2.34. The minimum atomic E-state index is -0.293. The molecule has 0 saturated carbocycles. The molecule has 35 heavy (non-hydrogen) atoms. The molecular formula is C24H27ClN8O2. The number of hydrogen-bond acceptors (Lipinski definition) is 7. The highest BCUT2D eigenvalue weighted by Crippen LogP contribution is 2.41. The monoisotopic (exact) mass is 494 g/mol. The Kier molecular flexibility index (Phi) is 7.42. The molecule has 0 aliphatic carbocycles. The third-order valence-electron chi connectivity index (χ3n) is 5.83. The summed E-state index contributed by atoms with van der Waals surface area (Å²) >= 11 is 6.39. The molecule has 0 bridgehead atoms. The molecule has 1 aliphatic rings. The normalized spacial score (nSPS) is 14.1. The van der Waals surface area contributed by atoms with Crippen LogP contribution in [0.4, 0.5) is 11.8 Å². The molecule has 3 aromatic rings. The number of anilines is 2. The Morgan fingerprint density at radius 2 is 2.00 bits per heavy atom. The molecule has 0 radical (unpaired) electrons. The van der Waals surface area contributed by atoms with Crippen LogP contribution >= 0.6 is 11.6 Å². The van der Waals surface area contributed by atoms with Crippen LogP contribution in [-0.4, -0.2) is 62.8 Å². The number of aromatic amines is 1. The minimum absolute atomic E-state index is 0.0222. The van der Waals surface area contributed by atoms with Gasteiger partial charge in [-0.3, -0.25) is 19.5 Å². The predicted octanol–water partition coefficient (Wildman–Crippen LogP) is 2.59. The molecule has 3 aromatic heterocycles. The van der Waals surface area contributed by atoms with Gasteiger partial charge in [0.25, 0.3) is 11.8 Å². The molecule has 4 heterocycles. The largest absolute Gasteiger partial charge is 0.368 e. The SMILES string of the molecule is CCN(CC)CCNC(=O)c1c[nH]c(C=C2C(=O)N(Cc3ccncc3)c3nc(N)nc(Cl)c32)c1. The second-order valence-electron chi connectivity index (χ2n) is 8.00. The maximum atomic E-state index is 13.4. The van der Waals surface area contributed by atoms with Crippen molar-refractivity contribution < 1.29 is 9.59 Å². The number of H-pyrrole nitrogens is 1. The van der Waals surface area contributed by atoms with Gasteiger partial charge in [0.05, 0.1) is 23.2 Å². The first kappa shape index (κ1) is 24.4. The van der Waals surface area contributed by atoms with Crippen LogP contribution in [0, 0.1) is 0 Å². The summed E-state index contributed by atoms with van der Waals surface area (Å²) < 4.78 is 0. The van der Waals surface area contributed by atoms with Crippen LogP contribution in [0.15, 0.2) is 36.8 Å². The van der Waals surface area contributed by atoms with Gasteiger partial charge in [-0.15, -0.1) is 0 Å². The molecule has 4 N–H and O–H groups in total. The first-order valence-electron chi connectivity index (χ1n) is 11.4. The van der Waals surface area contributed by atoms with Gasteiger partial charge in [-0.2, -0.15) is 4.98 Å². The van der Waals surface area contributed by atoms with Crippen molar-refractivity contribution in [3.8, 4) is 0 Å². The Hall–Kier alpha value is -3.76. The summed E-state index contributed by atoms with van der Waals surface area (Å²) in [6.45, 7) is 7.63. The number of aromatic nitrogens is 4. The fourth-order valence-electron chi connectivity index (χ4n) is 3.92. The van der Waals surface area contributed by atoms with E-state index in [1.807, 2.05) is 12.1 Å². The first-order valence-corrected chi connectivity index (χ1v) is 11.7. The maximum absolute atomic E-state index is 13.4. The molecule has 0 unspecified atom stereocenters. The van der Waals surface area contributed by atoms with E-state index in [0.717, 1.165) is 25.2 Å². The average molecular weight is 495 g/mol. The molecule has 182 valence electrons. The van der Waals surface area contributed by atoms with Crippen LogP contribution in [0.25, 0.3) is 11.6 Å². The summed E-state index contributed by atoms with van der Waals surface area (Å²) in [5, 5.41) is 3.01. The Bertz CT molecular complexity index is 1250. The van der Waals surface area contributed by atoms with Crippen LogP contribution in [0.2, 0.25) is 5.15 Å². The number of nitrogen functional groups attached to an aromatic ring is 1. The van der Waals surface area contributed by atoms with Gasteiger partial charge < -0.3 is 20.9 Å². The van der Waals surface area contributed by atoms with E-state index >= 15 is 0 Å². The Labute approximate surface area is 208 Å². The number of amides is 2. The van der Waals surface area contributed by atoms with Crippen LogP contribution in [0.1, 0.15) is 41.0 Å². The molecule has 10 nitrogen and oxygen atoms in total. The number of nitrogens with one attached hydrogen (secondary N) is 2. The summed E-state index contributed by atoms with van der Waals surface area (Å²) in [6, 6.07) is 5.32. The summed E-state index contributed by atoms with van der Waals surface area (Å²) in [5.41, 5.74) is 8.45. The molecule has 0 fully saturated rings. The summed E-state index contributed by atoms with van der Waals surface area (Å²) in [4.78, 5) is 45.1. The van der Waals surface area contributed by atoms with E-state index in [9.17, 15) is 9.59 Å². The zero-order valence-corrected chi connectivity index (χ0v) is 20.3. The zero-order valence-electron chi connectivity index (χ0n) is 19.6. The van der Waals surface area contributed by atoms with Crippen molar-refractivity contribution in [2.45, 2.75) is 20.4 Å². The molecule has 0 saturated heterocycles. The smallest absolute Gasteiger partial charge is 0.260 e. The van der Waals surface area contributed by atoms with E-state index in [-0.39, 0.29) is 29.5 Å². The average Bonchev–Trinajstić information content (AvgIpc) is 3.42. The number of fused-ring (bicyclic) bond motifs is 1. The number of hydrogen-bond donors (Lipinski definition) is 3. The molecule has 0 atom stereocenters. The lowest BCUT2D eigenvalue weighted by atomic mass is 10.1. The maximum Gasteiger partial charge on any atom is 0.260 e. The van der Waals surface area contributed by atoms with Crippen molar-refractivity contribution in [1.82, 2.24) is 30.2 Å². The summed E-state index contributed by atoms with van der Waals surface area (Å²) in [7, 11) is 0. The number of nitrogens with zero attached hydrogens (tertiary/aromatic N) is 5. The van der Waals surface area contributed by atoms with E-state index in [4.69, 9.17) is 17.3 Å². The van der Waals surface area contributed by atoms with Gasteiger partial charge in [0, 0.05) is 37.4 Å². The van der Waals surface area contributed by atoms with Gasteiger partial charge >= 0.3 is 0 Å². The standard InChI is InChI=1S/C24H27ClN8O2/c1-3-32(4-2)10-9-28-22(34)16-11-17(29-13-16)12-18-19-20(25)30-24(26)31-21(19)33(23(18)35)14-15-5-7-27-8-6-15/h5-8,11-13,29H,3-4,9-10,14H2,1-2H3,(H,28,34)(H2,26,30,31). The highest BCUT2D eigenvalue weighted by Gasteiger charge is 2.37. The fraction of sp³-hybridized carbons (Fsp3) is 0.292. The first-order chi connectivity index (χ1) is 16.9. The van der Waals surface area contributed by atoms with E-state index in [1.54, 1.807) is 30.7 Å². The number of rotatable bonds is 9. The number of halogens is 1. The molecule has 0 aromatic carbocycles. The van der Waals surface area contributed by atoms with Crippen LogP contribution < -0.4 is 16.0 Å². The van der Waals surface area contributed by atoms with E-state index in [2.05, 4.69) is 44.0 Å². The molecule has 4 rings (SSSR count). The Balaban J connectivity index is 1.58. The molecule has 11 heteroatoms. The van der Waals surface area contributed by atoms with E-state index in [1.165, 1.54) is 4.90 Å². The second-order valence-corrected chi connectivity index (χ2v) is 8.36. The lowest BCUT2D eigenvalue weighted by Gasteiger charge is -2.17. The van der Waals surface area contributed by atoms with Gasteiger partial charge in [-0.25, -0.2) is 4.98 Å². The van der Waals surface area contributed by atoms with E-state index in [0.29, 0.717) is 34.8 Å².